The highest BCUT2D eigenvalue weighted by Gasteiger charge is 2.08. The maximum Gasteiger partial charge on any atom is 0.220 e. The van der Waals surface area contributed by atoms with Gasteiger partial charge in [-0.3, -0.25) is 4.79 Å². The summed E-state index contributed by atoms with van der Waals surface area (Å²) in [4.78, 5) is 14.9. The molecule has 3 nitrogen and oxygen atoms in total. The highest BCUT2D eigenvalue weighted by molar-refractivity contribution is 5.84. The van der Waals surface area contributed by atoms with Crippen molar-refractivity contribution in [3.05, 3.63) is 35.5 Å². The summed E-state index contributed by atoms with van der Waals surface area (Å²) in [5.74, 6) is 0.166. The van der Waals surface area contributed by atoms with Gasteiger partial charge in [0.25, 0.3) is 0 Å². The van der Waals surface area contributed by atoms with Gasteiger partial charge in [-0.05, 0) is 31.4 Å². The first-order chi connectivity index (χ1) is 9.22. The second-order valence-corrected chi connectivity index (χ2v) is 4.98. The number of fused-ring (bicyclic) bond motifs is 1. The molecule has 0 aliphatic heterocycles. The van der Waals surface area contributed by atoms with E-state index in [-0.39, 0.29) is 5.91 Å². The average molecular weight is 258 g/mol. The van der Waals surface area contributed by atoms with Crippen LogP contribution >= 0.6 is 0 Å². The SMILES string of the molecule is CCCCC(=O)NCCc1c(C)[nH]c2ccccc12. The minimum atomic E-state index is 0.166. The Labute approximate surface area is 114 Å². The third-order valence-corrected chi connectivity index (χ3v) is 3.48. The van der Waals surface area contributed by atoms with Gasteiger partial charge in [0.15, 0.2) is 0 Å². The number of carbonyl (C=O) groups is 1. The molecule has 2 N–H and O–H groups in total. The number of aryl methyl sites for hydroxylation is 1. The minimum Gasteiger partial charge on any atom is -0.358 e. The zero-order chi connectivity index (χ0) is 13.7. The maximum absolute atomic E-state index is 11.6. The van der Waals surface area contributed by atoms with Crippen LogP contribution in [0.15, 0.2) is 24.3 Å². The van der Waals surface area contributed by atoms with Crippen molar-refractivity contribution in [2.45, 2.75) is 39.5 Å². The Hall–Kier alpha value is -1.77. The van der Waals surface area contributed by atoms with E-state index >= 15 is 0 Å². The smallest absolute Gasteiger partial charge is 0.220 e. The molecule has 0 fully saturated rings. The summed E-state index contributed by atoms with van der Waals surface area (Å²) in [6, 6.07) is 8.31. The van der Waals surface area contributed by atoms with Gasteiger partial charge in [-0.2, -0.15) is 0 Å². The van der Waals surface area contributed by atoms with Crippen LogP contribution < -0.4 is 5.32 Å². The molecule has 0 saturated carbocycles. The number of aromatic nitrogens is 1. The summed E-state index contributed by atoms with van der Waals surface area (Å²) in [6.45, 7) is 4.90. The van der Waals surface area contributed by atoms with Gasteiger partial charge in [0, 0.05) is 29.6 Å². The summed E-state index contributed by atoms with van der Waals surface area (Å²) >= 11 is 0. The molecule has 19 heavy (non-hydrogen) atoms. The molecule has 0 spiro atoms. The lowest BCUT2D eigenvalue weighted by atomic mass is 10.1. The Balaban J connectivity index is 1.94. The number of benzene rings is 1. The van der Waals surface area contributed by atoms with Crippen LogP contribution in [-0.2, 0) is 11.2 Å². The first kappa shape index (κ1) is 13.7. The van der Waals surface area contributed by atoms with Gasteiger partial charge in [-0.25, -0.2) is 0 Å². The third kappa shape index (κ3) is 3.37. The van der Waals surface area contributed by atoms with Crippen molar-refractivity contribution in [1.82, 2.24) is 10.3 Å². The van der Waals surface area contributed by atoms with Crippen molar-refractivity contribution in [1.29, 1.82) is 0 Å². The van der Waals surface area contributed by atoms with E-state index in [9.17, 15) is 4.79 Å². The second-order valence-electron chi connectivity index (χ2n) is 4.98. The fourth-order valence-corrected chi connectivity index (χ4v) is 2.41. The number of para-hydroxylation sites is 1. The molecule has 1 amide bonds. The van der Waals surface area contributed by atoms with Crippen molar-refractivity contribution < 1.29 is 4.79 Å². The number of H-pyrrole nitrogens is 1. The molecular formula is C16H22N2O. The van der Waals surface area contributed by atoms with Crippen molar-refractivity contribution in [2.75, 3.05) is 6.54 Å². The van der Waals surface area contributed by atoms with Crippen LogP contribution in [0.5, 0.6) is 0 Å². The third-order valence-electron chi connectivity index (χ3n) is 3.48. The van der Waals surface area contributed by atoms with E-state index in [4.69, 9.17) is 0 Å². The Kier molecular flexibility index (Phi) is 4.61. The molecule has 0 aliphatic rings. The molecule has 0 radical (unpaired) electrons. The molecular weight excluding hydrogens is 236 g/mol. The number of hydrogen-bond donors (Lipinski definition) is 2. The summed E-state index contributed by atoms with van der Waals surface area (Å²) in [5, 5.41) is 4.26. The Morgan fingerprint density at radius 3 is 2.89 bits per heavy atom. The van der Waals surface area contributed by atoms with E-state index in [0.29, 0.717) is 13.0 Å². The van der Waals surface area contributed by atoms with Crippen LogP contribution in [-0.4, -0.2) is 17.4 Å². The van der Waals surface area contributed by atoms with Crippen LogP contribution in [0.2, 0.25) is 0 Å². The van der Waals surface area contributed by atoms with E-state index in [2.05, 4.69) is 42.3 Å². The summed E-state index contributed by atoms with van der Waals surface area (Å²) in [6.07, 6.45) is 3.56. The predicted molar refractivity (Wildman–Crippen MR) is 79.3 cm³/mol. The standard InChI is InChI=1S/C16H22N2O/c1-3-4-9-16(19)17-11-10-13-12(2)18-15-8-6-5-7-14(13)15/h5-8,18H,3-4,9-11H2,1-2H3,(H,17,19). The molecule has 0 atom stereocenters. The van der Waals surface area contributed by atoms with Crippen LogP contribution in [0.4, 0.5) is 0 Å². The van der Waals surface area contributed by atoms with Crippen LogP contribution in [0.25, 0.3) is 10.9 Å². The highest BCUT2D eigenvalue weighted by Crippen LogP contribution is 2.21. The maximum atomic E-state index is 11.6. The molecule has 2 aromatic rings. The number of aromatic amines is 1. The van der Waals surface area contributed by atoms with Gasteiger partial charge in [0.05, 0.1) is 0 Å². The molecule has 1 aromatic heterocycles. The monoisotopic (exact) mass is 258 g/mol. The van der Waals surface area contributed by atoms with Crippen molar-refractivity contribution in [2.24, 2.45) is 0 Å². The Morgan fingerprint density at radius 2 is 2.11 bits per heavy atom. The van der Waals surface area contributed by atoms with E-state index < -0.39 is 0 Å². The molecule has 1 aromatic carbocycles. The normalized spacial score (nSPS) is 10.8. The van der Waals surface area contributed by atoms with E-state index in [1.165, 1.54) is 22.2 Å². The zero-order valence-corrected chi connectivity index (χ0v) is 11.8. The quantitative estimate of drug-likeness (QED) is 0.820. The Bertz CT molecular complexity index is 557. The van der Waals surface area contributed by atoms with E-state index in [1.807, 2.05) is 6.07 Å². The molecule has 102 valence electrons. The van der Waals surface area contributed by atoms with Gasteiger partial charge < -0.3 is 10.3 Å². The number of carbonyl (C=O) groups excluding carboxylic acids is 1. The van der Waals surface area contributed by atoms with Gasteiger partial charge in [0.2, 0.25) is 5.91 Å². The van der Waals surface area contributed by atoms with Crippen molar-refractivity contribution in [3.8, 4) is 0 Å². The number of nitrogens with one attached hydrogen (secondary N) is 2. The fourth-order valence-electron chi connectivity index (χ4n) is 2.41. The summed E-state index contributed by atoms with van der Waals surface area (Å²) in [5.41, 5.74) is 3.68. The van der Waals surface area contributed by atoms with E-state index in [1.54, 1.807) is 0 Å². The first-order valence-electron chi connectivity index (χ1n) is 7.05. The van der Waals surface area contributed by atoms with Crippen LogP contribution in [0.3, 0.4) is 0 Å². The molecule has 0 unspecified atom stereocenters. The lowest BCUT2D eigenvalue weighted by Gasteiger charge is -2.05. The van der Waals surface area contributed by atoms with Crippen molar-refractivity contribution in [3.63, 3.8) is 0 Å². The zero-order valence-electron chi connectivity index (χ0n) is 11.8. The first-order valence-corrected chi connectivity index (χ1v) is 7.05. The van der Waals surface area contributed by atoms with E-state index in [0.717, 1.165) is 19.3 Å². The average Bonchev–Trinajstić information content (AvgIpc) is 2.73. The molecule has 0 aliphatic carbocycles. The predicted octanol–water partition coefficient (Wildman–Crippen LogP) is 3.33. The molecule has 2 rings (SSSR count). The van der Waals surface area contributed by atoms with Crippen LogP contribution in [0.1, 0.15) is 37.4 Å². The molecule has 1 heterocycles. The van der Waals surface area contributed by atoms with Gasteiger partial charge in [-0.1, -0.05) is 31.5 Å². The Morgan fingerprint density at radius 1 is 1.32 bits per heavy atom. The summed E-state index contributed by atoms with van der Waals surface area (Å²) < 4.78 is 0. The number of unbranched alkanes of at least 4 members (excludes halogenated alkanes) is 1. The largest absolute Gasteiger partial charge is 0.358 e. The number of rotatable bonds is 6. The number of amides is 1. The lowest BCUT2D eigenvalue weighted by molar-refractivity contribution is -0.121. The second kappa shape index (κ2) is 6.41. The summed E-state index contributed by atoms with van der Waals surface area (Å²) in [7, 11) is 0. The highest BCUT2D eigenvalue weighted by atomic mass is 16.1. The van der Waals surface area contributed by atoms with Gasteiger partial charge in [0.1, 0.15) is 0 Å². The minimum absolute atomic E-state index is 0.166. The topological polar surface area (TPSA) is 44.9 Å². The van der Waals surface area contributed by atoms with Crippen LogP contribution in [0, 0.1) is 6.92 Å². The molecule has 0 saturated heterocycles. The molecule has 3 heteroatoms. The molecule has 0 bridgehead atoms. The number of hydrogen-bond acceptors (Lipinski definition) is 1. The lowest BCUT2D eigenvalue weighted by Crippen LogP contribution is -2.25. The van der Waals surface area contributed by atoms with Gasteiger partial charge in [-0.15, -0.1) is 0 Å². The van der Waals surface area contributed by atoms with Gasteiger partial charge >= 0.3 is 0 Å². The fraction of sp³-hybridized carbons (Fsp3) is 0.438. The van der Waals surface area contributed by atoms with Crippen molar-refractivity contribution >= 4 is 16.8 Å².